The zero-order valence-electron chi connectivity index (χ0n) is 10.8. The summed E-state index contributed by atoms with van der Waals surface area (Å²) in [5.74, 6) is -0.340. The molecule has 1 rings (SSSR count). The van der Waals surface area contributed by atoms with Gasteiger partial charge in [-0.3, -0.25) is 0 Å². The maximum Gasteiger partial charge on any atom is 0.330 e. The lowest BCUT2D eigenvalue weighted by Gasteiger charge is -2.06. The highest BCUT2D eigenvalue weighted by Crippen LogP contribution is 2.16. The average Bonchev–Trinajstić information content (AvgIpc) is 2.36. The van der Waals surface area contributed by atoms with E-state index in [0.717, 1.165) is 23.2 Å². The summed E-state index contributed by atoms with van der Waals surface area (Å²) in [5, 5.41) is 0. The summed E-state index contributed by atoms with van der Waals surface area (Å²) in [6, 6.07) is 5.64. The fraction of sp³-hybridized carbons (Fsp3) is 0.357. The molecule has 18 heavy (non-hydrogen) atoms. The van der Waals surface area contributed by atoms with Crippen LogP contribution in [0.5, 0.6) is 0 Å². The number of esters is 1. The molecule has 4 heteroatoms. The molecular weight excluding hydrogens is 230 g/mol. The first-order chi connectivity index (χ1) is 8.67. The van der Waals surface area contributed by atoms with E-state index in [2.05, 4.69) is 0 Å². The maximum atomic E-state index is 11.2. The molecule has 0 radical (unpaired) electrons. The van der Waals surface area contributed by atoms with Gasteiger partial charge in [-0.05, 0) is 42.7 Å². The van der Waals surface area contributed by atoms with E-state index in [1.807, 2.05) is 18.2 Å². The second kappa shape index (κ2) is 7.50. The van der Waals surface area contributed by atoms with E-state index >= 15 is 0 Å². The largest absolute Gasteiger partial charge is 0.463 e. The number of hydrogen-bond acceptors (Lipinski definition) is 4. The van der Waals surface area contributed by atoms with Crippen molar-refractivity contribution in [1.29, 1.82) is 0 Å². The van der Waals surface area contributed by atoms with E-state index in [-0.39, 0.29) is 5.97 Å². The number of anilines is 1. The van der Waals surface area contributed by atoms with Gasteiger partial charge in [0.1, 0.15) is 0 Å². The Hall–Kier alpha value is -1.81. The minimum Gasteiger partial charge on any atom is -0.463 e. The van der Waals surface area contributed by atoms with Crippen LogP contribution in [0.1, 0.15) is 18.1 Å². The van der Waals surface area contributed by atoms with Crippen LogP contribution in [0.25, 0.3) is 6.08 Å². The van der Waals surface area contributed by atoms with Crippen molar-refractivity contribution in [3.63, 3.8) is 0 Å². The van der Waals surface area contributed by atoms with E-state index in [4.69, 9.17) is 15.2 Å². The third kappa shape index (κ3) is 4.59. The zero-order valence-corrected chi connectivity index (χ0v) is 10.8. The van der Waals surface area contributed by atoms with Crippen LogP contribution in [0.3, 0.4) is 0 Å². The number of methoxy groups -OCH3 is 1. The van der Waals surface area contributed by atoms with Gasteiger partial charge >= 0.3 is 5.97 Å². The van der Waals surface area contributed by atoms with Gasteiger partial charge in [0, 0.05) is 18.9 Å². The molecule has 0 saturated carbocycles. The normalized spacial score (nSPS) is 10.8. The van der Waals surface area contributed by atoms with Crippen molar-refractivity contribution in [3.05, 3.63) is 35.4 Å². The number of carbonyl (C=O) groups excluding carboxylic acids is 1. The molecule has 0 spiro atoms. The van der Waals surface area contributed by atoms with E-state index in [1.54, 1.807) is 20.1 Å². The van der Waals surface area contributed by atoms with Crippen molar-refractivity contribution in [1.82, 2.24) is 0 Å². The number of ether oxygens (including phenoxy) is 2. The summed E-state index contributed by atoms with van der Waals surface area (Å²) in [7, 11) is 1.65. The number of benzene rings is 1. The highest BCUT2D eigenvalue weighted by atomic mass is 16.5. The van der Waals surface area contributed by atoms with Gasteiger partial charge in [-0.1, -0.05) is 6.07 Å². The average molecular weight is 249 g/mol. The predicted octanol–water partition coefficient (Wildman–Crippen LogP) is 2.03. The molecule has 98 valence electrons. The van der Waals surface area contributed by atoms with Gasteiger partial charge < -0.3 is 15.2 Å². The number of nitrogens with two attached hydrogens (primary N) is 1. The van der Waals surface area contributed by atoms with Crippen LogP contribution in [0.15, 0.2) is 24.3 Å². The molecule has 1 aromatic carbocycles. The highest BCUT2D eigenvalue weighted by Gasteiger charge is 2.00. The molecule has 4 nitrogen and oxygen atoms in total. The molecule has 0 aromatic heterocycles. The van der Waals surface area contributed by atoms with Crippen LogP contribution in [-0.2, 0) is 20.7 Å². The smallest absolute Gasteiger partial charge is 0.330 e. The number of nitrogen functional groups attached to an aromatic ring is 1. The lowest BCUT2D eigenvalue weighted by molar-refractivity contribution is -0.137. The molecule has 0 saturated heterocycles. The monoisotopic (exact) mass is 249 g/mol. The molecule has 0 fully saturated rings. The summed E-state index contributed by atoms with van der Waals surface area (Å²) in [6.45, 7) is 2.77. The van der Waals surface area contributed by atoms with Crippen LogP contribution >= 0.6 is 0 Å². The third-order valence-corrected chi connectivity index (χ3v) is 2.44. The van der Waals surface area contributed by atoms with Crippen LogP contribution in [-0.4, -0.2) is 26.3 Å². The molecule has 1 aromatic rings. The SMILES string of the molecule is CCOC(=O)/C=C/c1ccc(N)c(CCOC)c1. The first-order valence-corrected chi connectivity index (χ1v) is 5.89. The van der Waals surface area contributed by atoms with Crippen LogP contribution in [0.4, 0.5) is 5.69 Å². The Labute approximate surface area is 107 Å². The molecule has 0 aliphatic rings. The van der Waals surface area contributed by atoms with Gasteiger partial charge in [0.2, 0.25) is 0 Å². The first-order valence-electron chi connectivity index (χ1n) is 5.89. The number of hydrogen-bond donors (Lipinski definition) is 1. The fourth-order valence-electron chi connectivity index (χ4n) is 1.51. The Bertz CT molecular complexity index is 427. The minimum atomic E-state index is -0.340. The quantitative estimate of drug-likeness (QED) is 0.476. The second-order valence-corrected chi connectivity index (χ2v) is 3.79. The van der Waals surface area contributed by atoms with Crippen molar-refractivity contribution >= 4 is 17.7 Å². The van der Waals surface area contributed by atoms with Crippen LogP contribution in [0, 0.1) is 0 Å². The van der Waals surface area contributed by atoms with Gasteiger partial charge in [0.05, 0.1) is 13.2 Å². The highest BCUT2D eigenvalue weighted by molar-refractivity contribution is 5.87. The molecule has 2 N–H and O–H groups in total. The molecular formula is C14H19NO3. The molecule has 0 unspecified atom stereocenters. The minimum absolute atomic E-state index is 0.340. The summed E-state index contributed by atoms with van der Waals surface area (Å²) in [5.41, 5.74) is 8.54. The van der Waals surface area contributed by atoms with Crippen molar-refractivity contribution in [3.8, 4) is 0 Å². The Morgan fingerprint density at radius 3 is 2.89 bits per heavy atom. The number of rotatable bonds is 6. The molecule has 0 atom stereocenters. The Morgan fingerprint density at radius 1 is 1.44 bits per heavy atom. The number of carbonyl (C=O) groups is 1. The molecule has 0 aliphatic carbocycles. The summed E-state index contributed by atoms with van der Waals surface area (Å²) in [4.78, 5) is 11.2. The second-order valence-electron chi connectivity index (χ2n) is 3.79. The van der Waals surface area contributed by atoms with E-state index in [9.17, 15) is 4.79 Å². The van der Waals surface area contributed by atoms with Crippen molar-refractivity contribution in [2.24, 2.45) is 0 Å². The van der Waals surface area contributed by atoms with E-state index in [0.29, 0.717) is 13.2 Å². The summed E-state index contributed by atoms with van der Waals surface area (Å²) >= 11 is 0. The van der Waals surface area contributed by atoms with E-state index in [1.165, 1.54) is 6.08 Å². The molecule has 0 amide bonds. The van der Waals surface area contributed by atoms with Gasteiger partial charge in [-0.15, -0.1) is 0 Å². The summed E-state index contributed by atoms with van der Waals surface area (Å²) < 4.78 is 9.84. The first kappa shape index (κ1) is 14.3. The standard InChI is InChI=1S/C14H19NO3/c1-3-18-14(16)7-5-11-4-6-13(15)12(10-11)8-9-17-2/h4-7,10H,3,8-9,15H2,1-2H3/b7-5+. The Kier molecular flexibility index (Phi) is 5.94. The third-order valence-electron chi connectivity index (χ3n) is 2.44. The van der Waals surface area contributed by atoms with Crippen LogP contribution < -0.4 is 5.73 Å². The molecule has 0 heterocycles. The van der Waals surface area contributed by atoms with Crippen LogP contribution in [0.2, 0.25) is 0 Å². The van der Waals surface area contributed by atoms with E-state index < -0.39 is 0 Å². The van der Waals surface area contributed by atoms with Gasteiger partial charge in [-0.25, -0.2) is 4.79 Å². The fourth-order valence-corrected chi connectivity index (χ4v) is 1.51. The van der Waals surface area contributed by atoms with Gasteiger partial charge in [0.25, 0.3) is 0 Å². The summed E-state index contributed by atoms with van der Waals surface area (Å²) in [6.07, 6.45) is 3.88. The predicted molar refractivity (Wildman–Crippen MR) is 72.1 cm³/mol. The molecule has 0 aliphatic heterocycles. The van der Waals surface area contributed by atoms with Crippen molar-refractivity contribution < 1.29 is 14.3 Å². The Morgan fingerprint density at radius 2 is 2.22 bits per heavy atom. The van der Waals surface area contributed by atoms with Crippen molar-refractivity contribution in [2.45, 2.75) is 13.3 Å². The zero-order chi connectivity index (χ0) is 13.4. The van der Waals surface area contributed by atoms with Gasteiger partial charge in [-0.2, -0.15) is 0 Å². The molecule has 0 bridgehead atoms. The lowest BCUT2D eigenvalue weighted by atomic mass is 10.1. The maximum absolute atomic E-state index is 11.2. The van der Waals surface area contributed by atoms with Crippen molar-refractivity contribution in [2.75, 3.05) is 26.1 Å². The lowest BCUT2D eigenvalue weighted by Crippen LogP contribution is -2.00. The Balaban J connectivity index is 2.75. The van der Waals surface area contributed by atoms with Gasteiger partial charge in [0.15, 0.2) is 0 Å². The topological polar surface area (TPSA) is 61.5 Å².